The summed E-state index contributed by atoms with van der Waals surface area (Å²) in [4.78, 5) is 30.1. The van der Waals surface area contributed by atoms with Gasteiger partial charge >= 0.3 is 0 Å². The first-order chi connectivity index (χ1) is 17.0. The van der Waals surface area contributed by atoms with Gasteiger partial charge in [-0.25, -0.2) is 4.39 Å². The number of para-hydroxylation sites is 1. The summed E-state index contributed by atoms with van der Waals surface area (Å²) in [5.74, 6) is -0.472. The first kappa shape index (κ1) is 24.5. The molecular weight excluding hydrogens is 443 g/mol. The quantitative estimate of drug-likeness (QED) is 0.523. The molecule has 0 fully saturated rings. The molecule has 35 heavy (non-hydrogen) atoms. The summed E-state index contributed by atoms with van der Waals surface area (Å²) >= 11 is 0. The molecule has 3 aromatic rings. The van der Waals surface area contributed by atoms with Gasteiger partial charge in [-0.2, -0.15) is 0 Å². The fourth-order valence-corrected chi connectivity index (χ4v) is 4.45. The van der Waals surface area contributed by atoms with Crippen LogP contribution in [0.5, 0.6) is 5.75 Å². The lowest BCUT2D eigenvalue weighted by Gasteiger charge is -2.32. The highest BCUT2D eigenvalue weighted by Gasteiger charge is 2.28. The van der Waals surface area contributed by atoms with E-state index in [1.165, 1.54) is 12.1 Å². The smallest absolute Gasteiger partial charge is 0.257 e. The van der Waals surface area contributed by atoms with Gasteiger partial charge in [0.05, 0.1) is 17.2 Å². The topological polar surface area (TPSA) is 49.9 Å². The number of hydrogen-bond donors (Lipinski definition) is 0. The van der Waals surface area contributed by atoms with Crippen molar-refractivity contribution in [2.75, 3.05) is 26.7 Å². The first-order valence-electron chi connectivity index (χ1n) is 12.1. The highest BCUT2D eigenvalue weighted by atomic mass is 19.1. The molecule has 1 heterocycles. The number of rotatable bonds is 3. The maximum absolute atomic E-state index is 14.6. The van der Waals surface area contributed by atoms with Gasteiger partial charge in [0, 0.05) is 20.1 Å². The van der Waals surface area contributed by atoms with Gasteiger partial charge in [0.15, 0.2) is 0 Å². The summed E-state index contributed by atoms with van der Waals surface area (Å²) in [6.07, 6.45) is 2.97. The molecule has 0 N–H and O–H groups in total. The maximum atomic E-state index is 14.6. The van der Waals surface area contributed by atoms with Crippen LogP contribution in [-0.4, -0.2) is 54.4 Å². The van der Waals surface area contributed by atoms with E-state index in [1.807, 2.05) is 42.5 Å². The van der Waals surface area contributed by atoms with Gasteiger partial charge < -0.3 is 14.5 Å². The molecule has 0 aromatic heterocycles. The van der Waals surface area contributed by atoms with Crippen molar-refractivity contribution in [2.45, 2.75) is 31.7 Å². The number of halogens is 1. The van der Waals surface area contributed by atoms with Gasteiger partial charge in [-0.1, -0.05) is 54.6 Å². The molecular formula is C29H31FN2O3. The van der Waals surface area contributed by atoms with Crippen molar-refractivity contribution < 1.29 is 18.7 Å². The van der Waals surface area contributed by atoms with E-state index in [0.717, 1.165) is 24.8 Å². The summed E-state index contributed by atoms with van der Waals surface area (Å²) in [5.41, 5.74) is 1.62. The molecule has 0 bridgehead atoms. The average Bonchev–Trinajstić information content (AvgIpc) is 2.89. The molecule has 0 saturated carbocycles. The van der Waals surface area contributed by atoms with Crippen LogP contribution < -0.4 is 4.74 Å². The van der Waals surface area contributed by atoms with E-state index in [0.29, 0.717) is 30.8 Å². The fourth-order valence-electron chi connectivity index (χ4n) is 4.45. The fraction of sp³-hybridized carbons (Fsp3) is 0.310. The monoisotopic (exact) mass is 474 g/mol. The predicted molar refractivity (Wildman–Crippen MR) is 134 cm³/mol. The third-order valence-electron chi connectivity index (χ3n) is 6.41. The molecule has 1 atom stereocenters. The second-order valence-electron chi connectivity index (χ2n) is 8.92. The van der Waals surface area contributed by atoms with E-state index in [-0.39, 0.29) is 30.0 Å². The molecule has 6 heteroatoms. The number of benzene rings is 3. The van der Waals surface area contributed by atoms with Crippen molar-refractivity contribution in [3.05, 3.63) is 101 Å². The lowest BCUT2D eigenvalue weighted by molar-refractivity contribution is 0.0601. The van der Waals surface area contributed by atoms with Gasteiger partial charge in [0.1, 0.15) is 18.2 Å². The first-order valence-corrected chi connectivity index (χ1v) is 12.1. The van der Waals surface area contributed by atoms with Gasteiger partial charge in [-0.3, -0.25) is 9.59 Å². The van der Waals surface area contributed by atoms with Gasteiger partial charge in [0.2, 0.25) is 0 Å². The molecule has 3 aromatic carbocycles. The minimum Gasteiger partial charge on any atom is -0.491 e. The normalized spacial score (nSPS) is 17.4. The number of fused-ring (bicyclic) bond motifs is 1. The maximum Gasteiger partial charge on any atom is 0.257 e. The summed E-state index contributed by atoms with van der Waals surface area (Å²) in [7, 11) is 1.80. The van der Waals surface area contributed by atoms with Crippen LogP contribution in [0.25, 0.3) is 0 Å². The van der Waals surface area contributed by atoms with E-state index in [9.17, 15) is 14.0 Å². The van der Waals surface area contributed by atoms with Crippen molar-refractivity contribution in [3.63, 3.8) is 0 Å². The van der Waals surface area contributed by atoms with Crippen LogP contribution >= 0.6 is 0 Å². The molecule has 0 radical (unpaired) electrons. The van der Waals surface area contributed by atoms with Gasteiger partial charge in [-0.05, 0) is 55.5 Å². The summed E-state index contributed by atoms with van der Waals surface area (Å²) in [5, 5.41) is 0. The van der Waals surface area contributed by atoms with Gasteiger partial charge in [0.25, 0.3) is 11.8 Å². The molecule has 0 unspecified atom stereocenters. The molecule has 4 rings (SSSR count). The van der Waals surface area contributed by atoms with Crippen molar-refractivity contribution in [1.82, 2.24) is 9.80 Å². The molecule has 182 valence electrons. The zero-order valence-electron chi connectivity index (χ0n) is 20.0. The van der Waals surface area contributed by atoms with Crippen LogP contribution in [0.15, 0.2) is 78.9 Å². The number of ether oxygens (including phenoxy) is 1. The number of carbonyl (C=O) groups is 2. The van der Waals surface area contributed by atoms with Crippen molar-refractivity contribution in [2.24, 2.45) is 0 Å². The lowest BCUT2D eigenvalue weighted by Crippen LogP contribution is -2.46. The van der Waals surface area contributed by atoms with E-state index < -0.39 is 5.82 Å². The van der Waals surface area contributed by atoms with Crippen molar-refractivity contribution >= 4 is 11.8 Å². The standard InChI is InChI=1S/C29H31FN2O3/c1-31-18-10-3-11-19-32(29(34)24-14-6-8-16-26(24)30)23(20-22-12-4-2-5-13-22)21-35-27-17-9-7-15-25(27)28(31)33/h2,4-9,12-17,23H,3,10-11,18-21H2,1H3/t23-/m1/s1. The van der Waals surface area contributed by atoms with Crippen LogP contribution in [-0.2, 0) is 6.42 Å². The summed E-state index contributed by atoms with van der Waals surface area (Å²) < 4.78 is 20.8. The molecule has 2 amide bonds. The highest BCUT2D eigenvalue weighted by molar-refractivity contribution is 5.97. The molecule has 5 nitrogen and oxygen atoms in total. The van der Waals surface area contributed by atoms with E-state index in [2.05, 4.69) is 0 Å². The summed E-state index contributed by atoms with van der Waals surface area (Å²) in [6, 6.07) is 22.9. The lowest BCUT2D eigenvalue weighted by atomic mass is 10.0. The van der Waals surface area contributed by atoms with Crippen LogP contribution in [0.1, 0.15) is 45.5 Å². The Labute approximate surface area is 206 Å². The van der Waals surface area contributed by atoms with E-state index >= 15 is 0 Å². The Kier molecular flexibility index (Phi) is 8.14. The Morgan fingerprint density at radius 2 is 1.60 bits per heavy atom. The molecule has 1 aliphatic heterocycles. The zero-order chi connectivity index (χ0) is 24.6. The Balaban J connectivity index is 1.70. The SMILES string of the molecule is CN1CCCCCN(C(=O)c2ccccc2F)[C@H](Cc2ccccc2)COc2ccccc2C1=O. The number of hydrogen-bond acceptors (Lipinski definition) is 3. The zero-order valence-corrected chi connectivity index (χ0v) is 20.0. The number of amides is 2. The Bertz CT molecular complexity index is 1150. The summed E-state index contributed by atoms with van der Waals surface area (Å²) in [6.45, 7) is 1.28. The minimum absolute atomic E-state index is 0.0604. The van der Waals surface area contributed by atoms with E-state index in [4.69, 9.17) is 4.74 Å². The van der Waals surface area contributed by atoms with Crippen LogP contribution in [0.2, 0.25) is 0 Å². The Morgan fingerprint density at radius 1 is 0.914 bits per heavy atom. The van der Waals surface area contributed by atoms with Crippen LogP contribution in [0, 0.1) is 5.82 Å². The van der Waals surface area contributed by atoms with Crippen LogP contribution in [0.4, 0.5) is 4.39 Å². The third-order valence-corrected chi connectivity index (χ3v) is 6.41. The Hall–Kier alpha value is -3.67. The second kappa shape index (κ2) is 11.6. The largest absolute Gasteiger partial charge is 0.491 e. The molecule has 0 aliphatic carbocycles. The van der Waals surface area contributed by atoms with Crippen LogP contribution in [0.3, 0.4) is 0 Å². The average molecular weight is 475 g/mol. The van der Waals surface area contributed by atoms with Crippen molar-refractivity contribution in [3.8, 4) is 5.75 Å². The molecule has 0 saturated heterocycles. The van der Waals surface area contributed by atoms with Gasteiger partial charge in [-0.15, -0.1) is 0 Å². The third kappa shape index (κ3) is 6.07. The number of nitrogens with zero attached hydrogens (tertiary/aromatic N) is 2. The minimum atomic E-state index is -0.530. The van der Waals surface area contributed by atoms with Crippen molar-refractivity contribution in [1.29, 1.82) is 0 Å². The second-order valence-corrected chi connectivity index (χ2v) is 8.92. The highest BCUT2D eigenvalue weighted by Crippen LogP contribution is 2.23. The van der Waals surface area contributed by atoms with E-state index in [1.54, 1.807) is 41.1 Å². The number of carbonyl (C=O) groups excluding carboxylic acids is 2. The Morgan fingerprint density at radius 3 is 2.40 bits per heavy atom. The predicted octanol–water partition coefficient (Wildman–Crippen LogP) is 5.21. The molecule has 1 aliphatic rings. The molecule has 0 spiro atoms.